The number of carbonyl (C=O) groups is 1. The Hall–Kier alpha value is -1.16. The number of piperidine rings is 1. The van der Waals surface area contributed by atoms with Crippen molar-refractivity contribution in [2.24, 2.45) is 0 Å². The minimum atomic E-state index is -0.425. The Kier molecular flexibility index (Phi) is 5.57. The molecule has 1 heterocycles. The van der Waals surface area contributed by atoms with E-state index in [1.165, 1.54) is 11.3 Å². The third-order valence-electron chi connectivity index (χ3n) is 3.44. The van der Waals surface area contributed by atoms with E-state index >= 15 is 0 Å². The van der Waals surface area contributed by atoms with E-state index < -0.39 is 5.60 Å². The Balaban J connectivity index is 1.94. The minimum Gasteiger partial charge on any atom is -0.444 e. The summed E-state index contributed by atoms with van der Waals surface area (Å²) >= 11 is 1.82. The molecule has 0 N–H and O–H groups in total. The van der Waals surface area contributed by atoms with Gasteiger partial charge in [0.15, 0.2) is 0 Å². The highest BCUT2D eigenvalue weighted by molar-refractivity contribution is 7.99. The van der Waals surface area contributed by atoms with Gasteiger partial charge in [-0.3, -0.25) is 0 Å². The quantitative estimate of drug-likeness (QED) is 0.766. The summed E-state index contributed by atoms with van der Waals surface area (Å²) in [4.78, 5) is 15.5. The first-order valence-corrected chi connectivity index (χ1v) is 8.62. The average molecular weight is 307 g/mol. The molecule has 1 aromatic carbocycles. The van der Waals surface area contributed by atoms with Gasteiger partial charge in [0, 0.05) is 23.2 Å². The Morgan fingerprint density at radius 3 is 2.67 bits per heavy atom. The standard InChI is InChI=1S/C17H25NO2S/c1-17(2,3)20-16(19)18-12-8-7-9-14(18)13-21-15-10-5-4-6-11-15/h4-6,10-11,14H,7-9,12-13H2,1-3H3/t14-/m1/s1. The van der Waals surface area contributed by atoms with Gasteiger partial charge in [0.25, 0.3) is 0 Å². The van der Waals surface area contributed by atoms with E-state index in [1.807, 2.05) is 43.5 Å². The second-order valence-corrected chi connectivity index (χ2v) is 7.54. The van der Waals surface area contributed by atoms with Crippen molar-refractivity contribution in [3.8, 4) is 0 Å². The van der Waals surface area contributed by atoms with Crippen molar-refractivity contribution in [3.05, 3.63) is 30.3 Å². The Bertz CT molecular complexity index is 456. The van der Waals surface area contributed by atoms with Gasteiger partial charge < -0.3 is 9.64 Å². The molecule has 0 radical (unpaired) electrons. The minimum absolute atomic E-state index is 0.166. The van der Waals surface area contributed by atoms with Crippen LogP contribution < -0.4 is 0 Å². The van der Waals surface area contributed by atoms with Crippen LogP contribution in [0.5, 0.6) is 0 Å². The molecule has 3 nitrogen and oxygen atoms in total. The van der Waals surface area contributed by atoms with E-state index in [9.17, 15) is 4.79 Å². The van der Waals surface area contributed by atoms with Gasteiger partial charge in [-0.2, -0.15) is 0 Å². The fourth-order valence-electron chi connectivity index (χ4n) is 2.44. The van der Waals surface area contributed by atoms with Crippen LogP contribution in [-0.4, -0.2) is 34.9 Å². The molecule has 1 atom stereocenters. The zero-order valence-corrected chi connectivity index (χ0v) is 14.0. The van der Waals surface area contributed by atoms with Crippen molar-refractivity contribution < 1.29 is 9.53 Å². The smallest absolute Gasteiger partial charge is 0.410 e. The predicted molar refractivity (Wildman–Crippen MR) is 87.7 cm³/mol. The molecule has 4 heteroatoms. The summed E-state index contributed by atoms with van der Waals surface area (Å²) in [7, 11) is 0. The number of likely N-dealkylation sites (tertiary alicyclic amines) is 1. The molecule has 1 aromatic rings. The summed E-state index contributed by atoms with van der Waals surface area (Å²) < 4.78 is 5.54. The molecule has 0 aromatic heterocycles. The number of amides is 1. The summed E-state index contributed by atoms with van der Waals surface area (Å²) in [5, 5.41) is 0. The molecule has 1 aliphatic heterocycles. The van der Waals surface area contributed by atoms with Crippen molar-refractivity contribution in [2.45, 2.75) is 56.6 Å². The normalized spacial score (nSPS) is 19.4. The van der Waals surface area contributed by atoms with Crippen LogP contribution in [0.4, 0.5) is 4.79 Å². The second kappa shape index (κ2) is 7.21. The molecule has 0 bridgehead atoms. The van der Waals surface area contributed by atoms with Crippen LogP contribution in [-0.2, 0) is 4.74 Å². The fraction of sp³-hybridized carbons (Fsp3) is 0.588. The van der Waals surface area contributed by atoms with Gasteiger partial charge in [-0.25, -0.2) is 4.79 Å². The van der Waals surface area contributed by atoms with Gasteiger partial charge in [-0.15, -0.1) is 11.8 Å². The second-order valence-electron chi connectivity index (χ2n) is 6.45. The first kappa shape index (κ1) is 16.2. The van der Waals surface area contributed by atoms with Crippen LogP contribution in [0.3, 0.4) is 0 Å². The van der Waals surface area contributed by atoms with Gasteiger partial charge in [0.05, 0.1) is 0 Å². The number of ether oxygens (including phenoxy) is 1. The number of hydrogen-bond acceptors (Lipinski definition) is 3. The molecule has 21 heavy (non-hydrogen) atoms. The first-order valence-electron chi connectivity index (χ1n) is 7.63. The number of hydrogen-bond donors (Lipinski definition) is 0. The topological polar surface area (TPSA) is 29.5 Å². The SMILES string of the molecule is CC(C)(C)OC(=O)N1CCCC[C@@H]1CSc1ccccc1. The highest BCUT2D eigenvalue weighted by Crippen LogP contribution is 2.26. The van der Waals surface area contributed by atoms with Crippen molar-refractivity contribution in [1.29, 1.82) is 0 Å². The van der Waals surface area contributed by atoms with Crippen molar-refractivity contribution in [1.82, 2.24) is 4.90 Å². The molecule has 0 aliphatic carbocycles. The van der Waals surface area contributed by atoms with Crippen LogP contribution in [0.2, 0.25) is 0 Å². The summed E-state index contributed by atoms with van der Waals surface area (Å²) in [6.07, 6.45) is 3.17. The van der Waals surface area contributed by atoms with Crippen molar-refractivity contribution in [3.63, 3.8) is 0 Å². The van der Waals surface area contributed by atoms with E-state index in [1.54, 1.807) is 0 Å². The zero-order chi connectivity index (χ0) is 15.3. The average Bonchev–Trinajstić information content (AvgIpc) is 2.45. The number of thioether (sulfide) groups is 1. The monoisotopic (exact) mass is 307 g/mol. The van der Waals surface area contributed by atoms with E-state index in [0.29, 0.717) is 0 Å². The third kappa shape index (κ3) is 5.27. The first-order chi connectivity index (χ1) is 9.96. The third-order valence-corrected chi connectivity index (χ3v) is 4.60. The lowest BCUT2D eigenvalue weighted by Gasteiger charge is -2.36. The van der Waals surface area contributed by atoms with E-state index in [2.05, 4.69) is 24.3 Å². The molecule has 2 rings (SSSR count). The summed E-state index contributed by atoms with van der Waals surface area (Å²) in [5.41, 5.74) is -0.425. The lowest BCUT2D eigenvalue weighted by molar-refractivity contribution is 0.0126. The number of benzene rings is 1. The van der Waals surface area contributed by atoms with Gasteiger partial charge >= 0.3 is 6.09 Å². The van der Waals surface area contributed by atoms with E-state index in [4.69, 9.17) is 4.74 Å². The highest BCUT2D eigenvalue weighted by Gasteiger charge is 2.30. The summed E-state index contributed by atoms with van der Waals surface area (Å²) in [5.74, 6) is 0.934. The molecule has 1 saturated heterocycles. The summed E-state index contributed by atoms with van der Waals surface area (Å²) in [6.45, 7) is 6.57. The zero-order valence-electron chi connectivity index (χ0n) is 13.2. The lowest BCUT2D eigenvalue weighted by atomic mass is 10.0. The van der Waals surface area contributed by atoms with E-state index in [-0.39, 0.29) is 12.1 Å². The van der Waals surface area contributed by atoms with Crippen LogP contribution in [0, 0.1) is 0 Å². The van der Waals surface area contributed by atoms with Gasteiger partial charge in [-0.05, 0) is 52.2 Å². The number of rotatable bonds is 3. The molecule has 1 amide bonds. The summed E-state index contributed by atoms with van der Waals surface area (Å²) in [6, 6.07) is 10.6. The Morgan fingerprint density at radius 2 is 2.00 bits per heavy atom. The molecule has 1 fully saturated rings. The maximum Gasteiger partial charge on any atom is 0.410 e. The Labute approximate surface area is 132 Å². The fourth-order valence-corrected chi connectivity index (χ4v) is 3.52. The van der Waals surface area contributed by atoms with Crippen molar-refractivity contribution >= 4 is 17.9 Å². The van der Waals surface area contributed by atoms with E-state index in [0.717, 1.165) is 25.1 Å². The highest BCUT2D eigenvalue weighted by atomic mass is 32.2. The van der Waals surface area contributed by atoms with Crippen LogP contribution in [0.1, 0.15) is 40.0 Å². The number of nitrogens with zero attached hydrogens (tertiary/aromatic N) is 1. The van der Waals surface area contributed by atoms with Gasteiger partial charge in [0.2, 0.25) is 0 Å². The van der Waals surface area contributed by atoms with Gasteiger partial charge in [0.1, 0.15) is 5.60 Å². The maximum atomic E-state index is 12.3. The van der Waals surface area contributed by atoms with Crippen LogP contribution in [0.25, 0.3) is 0 Å². The largest absolute Gasteiger partial charge is 0.444 e. The van der Waals surface area contributed by atoms with Gasteiger partial charge in [-0.1, -0.05) is 18.2 Å². The molecule has 0 saturated carbocycles. The van der Waals surface area contributed by atoms with Crippen LogP contribution >= 0.6 is 11.8 Å². The Morgan fingerprint density at radius 1 is 1.29 bits per heavy atom. The maximum absolute atomic E-state index is 12.3. The van der Waals surface area contributed by atoms with Crippen molar-refractivity contribution in [2.75, 3.05) is 12.3 Å². The predicted octanol–water partition coefficient (Wildman–Crippen LogP) is 4.57. The number of carbonyl (C=O) groups excluding carboxylic acids is 1. The van der Waals surface area contributed by atoms with Crippen LogP contribution in [0.15, 0.2) is 35.2 Å². The molecular formula is C17H25NO2S. The lowest BCUT2D eigenvalue weighted by Crippen LogP contribution is -2.47. The molecule has 0 unspecified atom stereocenters. The molecular weight excluding hydrogens is 282 g/mol. The molecule has 116 valence electrons. The molecule has 0 spiro atoms. The molecule has 1 aliphatic rings.